The number of halogens is 1. The molecule has 0 saturated heterocycles. The van der Waals surface area contributed by atoms with Gasteiger partial charge < -0.3 is 5.32 Å². The van der Waals surface area contributed by atoms with Gasteiger partial charge in [0.1, 0.15) is 0 Å². The van der Waals surface area contributed by atoms with Crippen molar-refractivity contribution in [3.63, 3.8) is 0 Å². The number of rotatable bonds is 5. The van der Waals surface area contributed by atoms with Crippen molar-refractivity contribution < 1.29 is 0 Å². The van der Waals surface area contributed by atoms with Crippen LogP contribution in [-0.4, -0.2) is 6.54 Å². The second-order valence-electron chi connectivity index (χ2n) is 4.79. The number of hydrogen-bond donors (Lipinski definition) is 1. The first kappa shape index (κ1) is 14.6. The molecule has 2 aromatic rings. The molecule has 0 spiro atoms. The van der Waals surface area contributed by atoms with E-state index in [-0.39, 0.29) is 6.04 Å². The maximum absolute atomic E-state index is 8.91. The highest BCUT2D eigenvalue weighted by atomic mass is 35.5. The summed E-state index contributed by atoms with van der Waals surface area (Å²) in [5.41, 5.74) is 3.11. The van der Waals surface area contributed by atoms with E-state index in [1.165, 1.54) is 5.56 Å². The van der Waals surface area contributed by atoms with Crippen molar-refractivity contribution in [2.75, 3.05) is 6.54 Å². The average molecular weight is 285 g/mol. The van der Waals surface area contributed by atoms with Crippen molar-refractivity contribution in [3.8, 4) is 6.07 Å². The van der Waals surface area contributed by atoms with Gasteiger partial charge in [-0.25, -0.2) is 0 Å². The maximum atomic E-state index is 8.91. The zero-order valence-electron chi connectivity index (χ0n) is 11.4. The largest absolute Gasteiger partial charge is 0.310 e. The molecular weight excluding hydrogens is 268 g/mol. The smallest absolute Gasteiger partial charge is 0.0991 e. The fourth-order valence-corrected chi connectivity index (χ4v) is 2.21. The van der Waals surface area contributed by atoms with Gasteiger partial charge in [-0.2, -0.15) is 5.26 Å². The van der Waals surface area contributed by atoms with Crippen LogP contribution in [0.2, 0.25) is 5.02 Å². The second kappa shape index (κ2) is 7.09. The Labute approximate surface area is 125 Å². The van der Waals surface area contributed by atoms with Crippen LogP contribution in [0.25, 0.3) is 0 Å². The summed E-state index contributed by atoms with van der Waals surface area (Å²) in [5.74, 6) is 0. The third kappa shape index (κ3) is 4.09. The number of hydrogen-bond acceptors (Lipinski definition) is 2. The normalized spacial score (nSPS) is 11.8. The molecule has 0 aliphatic carbocycles. The summed E-state index contributed by atoms with van der Waals surface area (Å²) >= 11 is 5.86. The number of nitrogens with one attached hydrogen (secondary N) is 1. The third-order valence-electron chi connectivity index (χ3n) is 3.29. The van der Waals surface area contributed by atoms with Gasteiger partial charge >= 0.3 is 0 Å². The Bertz CT molecular complexity index is 599. The Hall–Kier alpha value is -1.82. The molecule has 0 aromatic heterocycles. The molecule has 0 amide bonds. The van der Waals surface area contributed by atoms with Crippen molar-refractivity contribution >= 4 is 11.6 Å². The molecule has 0 aliphatic heterocycles. The summed E-state index contributed by atoms with van der Waals surface area (Å²) in [5, 5.41) is 13.1. The van der Waals surface area contributed by atoms with Crippen molar-refractivity contribution in [2.45, 2.75) is 19.4 Å². The maximum Gasteiger partial charge on any atom is 0.0991 e. The fraction of sp³-hybridized carbons (Fsp3) is 0.235. The molecule has 0 bridgehead atoms. The molecule has 0 saturated carbocycles. The van der Waals surface area contributed by atoms with Gasteiger partial charge in [0.15, 0.2) is 0 Å². The predicted octanol–water partition coefficient (Wildman–Crippen LogP) is 4.10. The SMILES string of the molecule is CC(NCCc1ccc(Cl)cc1)c1cccc(C#N)c1. The number of nitriles is 1. The lowest BCUT2D eigenvalue weighted by molar-refractivity contribution is 0.577. The van der Waals surface area contributed by atoms with Crippen LogP contribution in [0, 0.1) is 11.3 Å². The number of benzene rings is 2. The van der Waals surface area contributed by atoms with Gasteiger partial charge in [0, 0.05) is 11.1 Å². The van der Waals surface area contributed by atoms with Crippen molar-refractivity contribution in [1.29, 1.82) is 5.26 Å². The molecule has 3 heteroatoms. The minimum Gasteiger partial charge on any atom is -0.310 e. The Morgan fingerprint density at radius 3 is 2.65 bits per heavy atom. The lowest BCUT2D eigenvalue weighted by Gasteiger charge is -2.14. The summed E-state index contributed by atoms with van der Waals surface area (Å²) < 4.78 is 0. The van der Waals surface area contributed by atoms with E-state index in [0.29, 0.717) is 5.56 Å². The highest BCUT2D eigenvalue weighted by Gasteiger charge is 2.05. The van der Waals surface area contributed by atoms with Crippen LogP contribution in [0.1, 0.15) is 29.7 Å². The molecule has 102 valence electrons. The Morgan fingerprint density at radius 1 is 1.20 bits per heavy atom. The Morgan fingerprint density at radius 2 is 1.95 bits per heavy atom. The van der Waals surface area contributed by atoms with Crippen LogP contribution < -0.4 is 5.32 Å². The lowest BCUT2D eigenvalue weighted by Crippen LogP contribution is -2.21. The minimum absolute atomic E-state index is 0.232. The summed E-state index contributed by atoms with van der Waals surface area (Å²) in [6.07, 6.45) is 0.958. The van der Waals surface area contributed by atoms with Gasteiger partial charge in [-0.1, -0.05) is 35.9 Å². The first-order chi connectivity index (χ1) is 9.69. The van der Waals surface area contributed by atoms with E-state index in [4.69, 9.17) is 16.9 Å². The van der Waals surface area contributed by atoms with Gasteiger partial charge in [0.25, 0.3) is 0 Å². The molecule has 0 aliphatic rings. The zero-order valence-corrected chi connectivity index (χ0v) is 12.2. The molecule has 1 atom stereocenters. The summed E-state index contributed by atoms with van der Waals surface area (Å²) in [7, 11) is 0. The molecule has 2 rings (SSSR count). The van der Waals surface area contributed by atoms with Crippen LogP contribution in [0.4, 0.5) is 0 Å². The predicted molar refractivity (Wildman–Crippen MR) is 82.7 cm³/mol. The minimum atomic E-state index is 0.232. The monoisotopic (exact) mass is 284 g/mol. The van der Waals surface area contributed by atoms with E-state index in [2.05, 4.69) is 18.3 Å². The Balaban J connectivity index is 1.87. The average Bonchev–Trinajstić information content (AvgIpc) is 2.49. The van der Waals surface area contributed by atoms with Gasteiger partial charge in [0.2, 0.25) is 0 Å². The van der Waals surface area contributed by atoms with E-state index < -0.39 is 0 Å². The molecule has 0 radical (unpaired) electrons. The summed E-state index contributed by atoms with van der Waals surface area (Å²) in [6, 6.07) is 18.0. The second-order valence-corrected chi connectivity index (χ2v) is 5.23. The molecule has 0 fully saturated rings. The van der Waals surface area contributed by atoms with Gasteiger partial charge in [-0.15, -0.1) is 0 Å². The molecule has 2 aromatic carbocycles. The number of nitrogens with zero attached hydrogens (tertiary/aromatic N) is 1. The van der Waals surface area contributed by atoms with Crippen LogP contribution in [0.3, 0.4) is 0 Å². The van der Waals surface area contributed by atoms with Crippen LogP contribution >= 0.6 is 11.6 Å². The molecule has 0 heterocycles. The first-order valence-corrected chi connectivity index (χ1v) is 7.05. The lowest BCUT2D eigenvalue weighted by atomic mass is 10.1. The first-order valence-electron chi connectivity index (χ1n) is 6.67. The van der Waals surface area contributed by atoms with Gasteiger partial charge in [-0.3, -0.25) is 0 Å². The molecular formula is C17H17ClN2. The van der Waals surface area contributed by atoms with Crippen molar-refractivity contribution in [2.24, 2.45) is 0 Å². The molecule has 1 unspecified atom stereocenters. The van der Waals surface area contributed by atoms with E-state index in [1.54, 1.807) is 0 Å². The van der Waals surface area contributed by atoms with E-state index in [1.807, 2.05) is 48.5 Å². The molecule has 20 heavy (non-hydrogen) atoms. The summed E-state index contributed by atoms with van der Waals surface area (Å²) in [4.78, 5) is 0. The van der Waals surface area contributed by atoms with Crippen LogP contribution in [-0.2, 0) is 6.42 Å². The quantitative estimate of drug-likeness (QED) is 0.897. The fourth-order valence-electron chi connectivity index (χ4n) is 2.08. The Kier molecular flexibility index (Phi) is 5.17. The standard InChI is InChI=1S/C17H17ClN2/c1-13(16-4-2-3-15(11-16)12-19)20-10-9-14-5-7-17(18)8-6-14/h2-8,11,13,20H,9-10H2,1H3. The van der Waals surface area contributed by atoms with Crippen LogP contribution in [0.15, 0.2) is 48.5 Å². The topological polar surface area (TPSA) is 35.8 Å². The summed E-state index contributed by atoms with van der Waals surface area (Å²) in [6.45, 7) is 3.00. The van der Waals surface area contributed by atoms with Gasteiger partial charge in [0.05, 0.1) is 11.6 Å². The molecule has 1 N–H and O–H groups in total. The van der Waals surface area contributed by atoms with E-state index in [0.717, 1.165) is 23.6 Å². The molecule has 2 nitrogen and oxygen atoms in total. The van der Waals surface area contributed by atoms with Crippen molar-refractivity contribution in [1.82, 2.24) is 5.32 Å². The van der Waals surface area contributed by atoms with Gasteiger partial charge in [-0.05, 0) is 55.3 Å². The highest BCUT2D eigenvalue weighted by Crippen LogP contribution is 2.14. The zero-order chi connectivity index (χ0) is 14.4. The third-order valence-corrected chi connectivity index (χ3v) is 3.55. The van der Waals surface area contributed by atoms with Crippen molar-refractivity contribution in [3.05, 3.63) is 70.2 Å². The van der Waals surface area contributed by atoms with Crippen LogP contribution in [0.5, 0.6) is 0 Å². The highest BCUT2D eigenvalue weighted by molar-refractivity contribution is 6.30. The van der Waals surface area contributed by atoms with E-state index in [9.17, 15) is 0 Å². The van der Waals surface area contributed by atoms with E-state index >= 15 is 0 Å².